The molecule has 1 aromatic carbocycles. The Morgan fingerprint density at radius 2 is 1.84 bits per heavy atom. The maximum absolute atomic E-state index is 13.7. The van der Waals surface area contributed by atoms with Gasteiger partial charge in [0.2, 0.25) is 5.95 Å². The van der Waals surface area contributed by atoms with Crippen molar-refractivity contribution in [3.05, 3.63) is 53.6 Å². The van der Waals surface area contributed by atoms with E-state index in [9.17, 15) is 4.79 Å². The van der Waals surface area contributed by atoms with Crippen LogP contribution in [0.3, 0.4) is 0 Å². The number of aryl methyl sites for hydroxylation is 2. The smallest absolute Gasteiger partial charge is 0.256 e. The zero-order valence-electron chi connectivity index (χ0n) is 18.8. The van der Waals surface area contributed by atoms with E-state index in [0.29, 0.717) is 29.5 Å². The number of hydrogen-bond donors (Lipinski definition) is 0. The largest absolute Gasteiger partial charge is 0.497 e. The fourth-order valence-corrected chi connectivity index (χ4v) is 4.93. The molecule has 9 heteroatoms. The number of fused-ring (bicyclic) bond motifs is 1. The highest BCUT2D eigenvalue weighted by Crippen LogP contribution is 2.44. The minimum atomic E-state index is -0.287. The predicted molar refractivity (Wildman–Crippen MR) is 119 cm³/mol. The number of nitrogens with zero attached hydrogens (tertiary/aromatic N) is 7. The van der Waals surface area contributed by atoms with E-state index in [1.165, 1.54) is 4.80 Å². The first-order valence-electron chi connectivity index (χ1n) is 10.8. The fourth-order valence-electron chi connectivity index (χ4n) is 4.93. The van der Waals surface area contributed by atoms with Crippen LogP contribution in [-0.4, -0.2) is 68.1 Å². The Bertz CT molecular complexity index is 1140. The standard InChI is InChI=1S/C23H27N7O2/c1-15-11-16(2)27-22(26-15)28-10-7-17-13-29(23(17,3)14-28)21(31)19-6-5-18(32-4)12-20(19)30-24-8-9-25-30/h5-6,8-9,11-12,17H,7,10,13-14H2,1-4H3/t17-,23-/m1/s1. The van der Waals surface area contributed by atoms with Gasteiger partial charge in [0, 0.05) is 43.0 Å². The normalized spacial score (nSPS) is 22.3. The molecule has 1 amide bonds. The Kier molecular flexibility index (Phi) is 4.83. The quantitative estimate of drug-likeness (QED) is 0.624. The molecule has 4 heterocycles. The number of carbonyl (C=O) groups is 1. The first kappa shape index (κ1) is 20.4. The van der Waals surface area contributed by atoms with Gasteiger partial charge in [-0.05, 0) is 45.4 Å². The van der Waals surface area contributed by atoms with E-state index in [1.807, 2.05) is 24.8 Å². The van der Waals surface area contributed by atoms with E-state index in [4.69, 9.17) is 4.74 Å². The van der Waals surface area contributed by atoms with Gasteiger partial charge in [-0.2, -0.15) is 15.0 Å². The van der Waals surface area contributed by atoms with Crippen molar-refractivity contribution in [2.75, 3.05) is 31.6 Å². The highest BCUT2D eigenvalue weighted by Gasteiger charge is 2.55. The average molecular weight is 434 g/mol. The third-order valence-electron chi connectivity index (χ3n) is 6.73. The van der Waals surface area contributed by atoms with Crippen LogP contribution in [0.5, 0.6) is 5.75 Å². The molecule has 9 nitrogen and oxygen atoms in total. The fraction of sp³-hybridized carbons (Fsp3) is 0.435. The van der Waals surface area contributed by atoms with E-state index in [2.05, 4.69) is 32.0 Å². The summed E-state index contributed by atoms with van der Waals surface area (Å²) in [5, 5.41) is 8.46. The molecule has 0 saturated carbocycles. The summed E-state index contributed by atoms with van der Waals surface area (Å²) >= 11 is 0. The summed E-state index contributed by atoms with van der Waals surface area (Å²) in [5.74, 6) is 1.82. The van der Waals surface area contributed by atoms with Crippen LogP contribution in [0, 0.1) is 19.8 Å². The molecular weight excluding hydrogens is 406 g/mol. The van der Waals surface area contributed by atoms with E-state index in [-0.39, 0.29) is 11.4 Å². The molecule has 32 heavy (non-hydrogen) atoms. The van der Waals surface area contributed by atoms with Gasteiger partial charge >= 0.3 is 0 Å². The number of methoxy groups -OCH3 is 1. The van der Waals surface area contributed by atoms with Gasteiger partial charge in [-0.1, -0.05) is 0 Å². The number of likely N-dealkylation sites (tertiary alicyclic amines) is 1. The van der Waals surface area contributed by atoms with Gasteiger partial charge in [-0.3, -0.25) is 4.79 Å². The number of hydrogen-bond acceptors (Lipinski definition) is 7. The van der Waals surface area contributed by atoms with E-state index < -0.39 is 0 Å². The molecular formula is C23H27N7O2. The van der Waals surface area contributed by atoms with E-state index in [1.54, 1.807) is 37.7 Å². The number of anilines is 1. The van der Waals surface area contributed by atoms with Crippen molar-refractivity contribution in [1.82, 2.24) is 29.9 Å². The molecule has 5 rings (SSSR count). The summed E-state index contributed by atoms with van der Waals surface area (Å²) in [5.41, 5.74) is 2.79. The minimum absolute atomic E-state index is 0.0260. The maximum atomic E-state index is 13.7. The third kappa shape index (κ3) is 3.28. The number of carbonyl (C=O) groups excluding carboxylic acids is 1. The molecule has 0 N–H and O–H groups in total. The molecule has 2 saturated heterocycles. The van der Waals surface area contributed by atoms with Crippen molar-refractivity contribution in [3.63, 3.8) is 0 Å². The number of aromatic nitrogens is 5. The monoisotopic (exact) mass is 433 g/mol. The van der Waals surface area contributed by atoms with Crippen molar-refractivity contribution in [2.45, 2.75) is 32.7 Å². The van der Waals surface area contributed by atoms with Crippen LogP contribution in [-0.2, 0) is 0 Å². The Balaban J connectivity index is 1.45. The molecule has 2 aliphatic heterocycles. The Labute approximate surface area is 187 Å². The van der Waals surface area contributed by atoms with Crippen molar-refractivity contribution in [2.24, 2.45) is 5.92 Å². The summed E-state index contributed by atoms with van der Waals surface area (Å²) in [6, 6.07) is 7.37. The van der Waals surface area contributed by atoms with Gasteiger partial charge < -0.3 is 14.5 Å². The molecule has 0 spiro atoms. The topological polar surface area (TPSA) is 89.3 Å². The SMILES string of the molecule is COc1ccc(C(=O)N2C[C@H]3CCN(c4nc(C)cc(C)n4)C[C@]32C)c(-n2nccn2)c1. The van der Waals surface area contributed by atoms with Crippen LogP contribution in [0.2, 0.25) is 0 Å². The number of benzene rings is 1. The Morgan fingerprint density at radius 1 is 1.12 bits per heavy atom. The van der Waals surface area contributed by atoms with Crippen molar-refractivity contribution >= 4 is 11.9 Å². The molecule has 2 atom stereocenters. The minimum Gasteiger partial charge on any atom is -0.497 e. The molecule has 166 valence electrons. The second-order valence-electron chi connectivity index (χ2n) is 8.83. The van der Waals surface area contributed by atoms with Gasteiger partial charge in [0.25, 0.3) is 5.91 Å². The molecule has 3 aromatic rings. The van der Waals surface area contributed by atoms with Gasteiger partial charge in [-0.25, -0.2) is 9.97 Å². The molecule has 2 aliphatic rings. The zero-order valence-corrected chi connectivity index (χ0v) is 18.8. The second kappa shape index (κ2) is 7.58. The van der Waals surface area contributed by atoms with Gasteiger partial charge in [0.05, 0.1) is 30.6 Å². The van der Waals surface area contributed by atoms with Crippen LogP contribution >= 0.6 is 0 Å². The number of rotatable bonds is 4. The second-order valence-corrected chi connectivity index (χ2v) is 8.83. The molecule has 0 aliphatic carbocycles. The lowest BCUT2D eigenvalue weighted by molar-refractivity contribution is -0.0536. The van der Waals surface area contributed by atoms with Crippen molar-refractivity contribution < 1.29 is 9.53 Å². The highest BCUT2D eigenvalue weighted by atomic mass is 16.5. The third-order valence-corrected chi connectivity index (χ3v) is 6.73. The van der Waals surface area contributed by atoms with Gasteiger partial charge in [0.1, 0.15) is 11.4 Å². The van der Waals surface area contributed by atoms with Crippen molar-refractivity contribution in [1.29, 1.82) is 0 Å². The van der Waals surface area contributed by atoms with Crippen LogP contribution in [0.4, 0.5) is 5.95 Å². The first-order chi connectivity index (χ1) is 15.4. The molecule has 2 fully saturated rings. The van der Waals surface area contributed by atoms with Crippen LogP contribution in [0.15, 0.2) is 36.7 Å². The lowest BCUT2D eigenvalue weighted by Crippen LogP contribution is -2.74. The summed E-state index contributed by atoms with van der Waals surface area (Å²) < 4.78 is 5.36. The summed E-state index contributed by atoms with van der Waals surface area (Å²) in [4.78, 5) is 28.7. The van der Waals surface area contributed by atoms with Crippen LogP contribution < -0.4 is 9.64 Å². The number of ether oxygens (including phenoxy) is 1. The summed E-state index contributed by atoms with van der Waals surface area (Å²) in [6.07, 6.45) is 4.20. The summed E-state index contributed by atoms with van der Waals surface area (Å²) in [6.45, 7) is 8.49. The number of amides is 1. The molecule has 0 bridgehead atoms. The lowest BCUT2D eigenvalue weighted by atomic mass is 9.70. The van der Waals surface area contributed by atoms with E-state index in [0.717, 1.165) is 36.8 Å². The van der Waals surface area contributed by atoms with Crippen LogP contribution in [0.1, 0.15) is 35.1 Å². The van der Waals surface area contributed by atoms with E-state index >= 15 is 0 Å². The van der Waals surface area contributed by atoms with Gasteiger partial charge in [0.15, 0.2) is 0 Å². The Hall–Kier alpha value is -3.49. The summed E-state index contributed by atoms with van der Waals surface area (Å²) in [7, 11) is 1.60. The lowest BCUT2D eigenvalue weighted by Gasteiger charge is -2.61. The number of piperidine rings is 1. The van der Waals surface area contributed by atoms with Crippen molar-refractivity contribution in [3.8, 4) is 11.4 Å². The molecule has 0 unspecified atom stereocenters. The van der Waals surface area contributed by atoms with Gasteiger partial charge in [-0.15, -0.1) is 0 Å². The predicted octanol–water partition coefficient (Wildman–Crippen LogP) is 2.42. The molecule has 2 aromatic heterocycles. The Morgan fingerprint density at radius 3 is 2.53 bits per heavy atom. The average Bonchev–Trinajstić information content (AvgIpc) is 3.30. The van der Waals surface area contributed by atoms with Crippen LogP contribution in [0.25, 0.3) is 5.69 Å². The molecule has 0 radical (unpaired) electrons. The zero-order chi connectivity index (χ0) is 22.5. The maximum Gasteiger partial charge on any atom is 0.256 e. The first-order valence-corrected chi connectivity index (χ1v) is 10.8. The highest BCUT2D eigenvalue weighted by molar-refractivity contribution is 5.99.